The van der Waals surface area contributed by atoms with E-state index in [1.807, 2.05) is 0 Å². The van der Waals surface area contributed by atoms with Crippen molar-refractivity contribution in [3.8, 4) is 0 Å². The van der Waals surface area contributed by atoms with E-state index in [0.717, 1.165) is 12.8 Å². The van der Waals surface area contributed by atoms with Gasteiger partial charge in [-0.15, -0.1) is 0 Å². The number of aliphatic carboxylic acids is 1. The molecule has 0 bridgehead atoms. The van der Waals surface area contributed by atoms with Gasteiger partial charge in [-0.05, 0) is 12.8 Å². The number of carboxylic acids is 1. The van der Waals surface area contributed by atoms with Gasteiger partial charge in [0.05, 0.1) is 12.7 Å². The molecule has 0 radical (unpaired) electrons. The zero-order valence-electron chi connectivity index (χ0n) is 11.1. The second-order valence-electron chi connectivity index (χ2n) is 5.07. The Labute approximate surface area is 111 Å². The van der Waals surface area contributed by atoms with Crippen molar-refractivity contribution < 1.29 is 24.2 Å². The number of ether oxygens (including phenoxy) is 2. The number of nitrogens with zero attached hydrogens (tertiary/aromatic N) is 1. The first-order valence-electron chi connectivity index (χ1n) is 6.48. The molecular weight excluding hydrogens is 252 g/mol. The van der Waals surface area contributed by atoms with Crippen LogP contribution in [0.2, 0.25) is 0 Å². The van der Waals surface area contributed by atoms with Crippen molar-refractivity contribution in [2.75, 3.05) is 33.4 Å². The van der Waals surface area contributed by atoms with Gasteiger partial charge in [-0.3, -0.25) is 0 Å². The second-order valence-corrected chi connectivity index (χ2v) is 5.07. The van der Waals surface area contributed by atoms with Crippen LogP contribution in [-0.2, 0) is 14.3 Å². The molecule has 2 fully saturated rings. The quantitative estimate of drug-likeness (QED) is 0.758. The molecular formula is C12H20N2O5. The van der Waals surface area contributed by atoms with E-state index in [9.17, 15) is 14.7 Å². The van der Waals surface area contributed by atoms with Gasteiger partial charge in [-0.25, -0.2) is 9.59 Å². The lowest BCUT2D eigenvalue weighted by Gasteiger charge is -2.34. The third kappa shape index (κ3) is 2.98. The predicted octanol–water partition coefficient (Wildman–Crippen LogP) is 0.0505. The zero-order chi connectivity index (χ0) is 13.9. The average Bonchev–Trinajstić information content (AvgIpc) is 2.88. The summed E-state index contributed by atoms with van der Waals surface area (Å²) in [5.41, 5.74) is -1.28. The number of urea groups is 1. The van der Waals surface area contributed by atoms with Crippen LogP contribution in [0.25, 0.3) is 0 Å². The summed E-state index contributed by atoms with van der Waals surface area (Å²) in [5.74, 6) is -1.04. The van der Waals surface area contributed by atoms with Crippen molar-refractivity contribution >= 4 is 12.0 Å². The van der Waals surface area contributed by atoms with Gasteiger partial charge >= 0.3 is 12.0 Å². The molecule has 2 aliphatic rings. The van der Waals surface area contributed by atoms with Crippen LogP contribution in [0.1, 0.15) is 19.3 Å². The number of methoxy groups -OCH3 is 1. The Morgan fingerprint density at radius 3 is 2.89 bits per heavy atom. The SMILES string of the molecule is COC1CCCN(C(=O)NC2(C(=O)O)CCOC2)C1. The molecule has 0 aliphatic carbocycles. The zero-order valence-corrected chi connectivity index (χ0v) is 11.1. The van der Waals surface area contributed by atoms with Crippen molar-refractivity contribution in [1.82, 2.24) is 10.2 Å². The maximum atomic E-state index is 12.2. The summed E-state index contributed by atoms with van der Waals surface area (Å²) in [6, 6.07) is -0.352. The summed E-state index contributed by atoms with van der Waals surface area (Å²) in [7, 11) is 1.62. The van der Waals surface area contributed by atoms with Crippen molar-refractivity contribution in [1.29, 1.82) is 0 Å². The van der Waals surface area contributed by atoms with E-state index < -0.39 is 11.5 Å². The van der Waals surface area contributed by atoms with E-state index in [-0.39, 0.29) is 18.7 Å². The summed E-state index contributed by atoms with van der Waals surface area (Å²) in [6.45, 7) is 1.50. The molecule has 108 valence electrons. The largest absolute Gasteiger partial charge is 0.479 e. The maximum absolute atomic E-state index is 12.2. The van der Waals surface area contributed by atoms with Crippen LogP contribution < -0.4 is 5.32 Å². The van der Waals surface area contributed by atoms with Gasteiger partial charge in [-0.2, -0.15) is 0 Å². The Balaban J connectivity index is 1.97. The van der Waals surface area contributed by atoms with E-state index in [2.05, 4.69) is 5.32 Å². The molecule has 7 nitrogen and oxygen atoms in total. The number of carboxylic acid groups (broad SMARTS) is 1. The van der Waals surface area contributed by atoms with E-state index >= 15 is 0 Å². The lowest BCUT2D eigenvalue weighted by Crippen LogP contribution is -2.60. The first kappa shape index (κ1) is 14.1. The molecule has 0 spiro atoms. The molecule has 0 aromatic heterocycles. The molecule has 2 saturated heterocycles. The fourth-order valence-corrected chi connectivity index (χ4v) is 2.48. The second kappa shape index (κ2) is 5.75. The summed E-state index contributed by atoms with van der Waals surface area (Å²) in [4.78, 5) is 25.1. The summed E-state index contributed by atoms with van der Waals surface area (Å²) >= 11 is 0. The van der Waals surface area contributed by atoms with E-state index in [1.54, 1.807) is 12.0 Å². The normalized spacial score (nSPS) is 31.2. The molecule has 7 heteroatoms. The monoisotopic (exact) mass is 272 g/mol. The molecule has 2 heterocycles. The maximum Gasteiger partial charge on any atom is 0.332 e. The van der Waals surface area contributed by atoms with Crippen molar-refractivity contribution in [3.63, 3.8) is 0 Å². The number of hydrogen-bond donors (Lipinski definition) is 2. The first-order valence-corrected chi connectivity index (χ1v) is 6.48. The number of nitrogens with one attached hydrogen (secondary N) is 1. The molecule has 2 rings (SSSR count). The average molecular weight is 272 g/mol. The molecule has 2 N–H and O–H groups in total. The van der Waals surface area contributed by atoms with Crippen LogP contribution in [-0.4, -0.2) is 67.1 Å². The Morgan fingerprint density at radius 1 is 1.53 bits per heavy atom. The van der Waals surface area contributed by atoms with Gasteiger partial charge in [0.15, 0.2) is 5.54 Å². The lowest BCUT2D eigenvalue weighted by molar-refractivity contribution is -0.144. The van der Waals surface area contributed by atoms with Crippen LogP contribution in [0.15, 0.2) is 0 Å². The molecule has 2 aliphatic heterocycles. The van der Waals surface area contributed by atoms with Crippen molar-refractivity contribution in [2.24, 2.45) is 0 Å². The fraction of sp³-hybridized carbons (Fsp3) is 0.833. The smallest absolute Gasteiger partial charge is 0.332 e. The minimum absolute atomic E-state index is 0.0234. The Morgan fingerprint density at radius 2 is 2.32 bits per heavy atom. The Hall–Kier alpha value is -1.34. The van der Waals surface area contributed by atoms with E-state index in [1.165, 1.54) is 0 Å². The number of rotatable bonds is 3. The fourth-order valence-electron chi connectivity index (χ4n) is 2.48. The summed E-state index contributed by atoms with van der Waals surface area (Å²) < 4.78 is 10.4. The summed E-state index contributed by atoms with van der Waals surface area (Å²) in [6.07, 6.45) is 2.12. The minimum Gasteiger partial charge on any atom is -0.479 e. The van der Waals surface area contributed by atoms with Gasteiger partial charge in [0.25, 0.3) is 0 Å². The van der Waals surface area contributed by atoms with Crippen LogP contribution >= 0.6 is 0 Å². The topological polar surface area (TPSA) is 88.1 Å². The Bertz CT molecular complexity index is 354. The number of hydrogen-bond acceptors (Lipinski definition) is 4. The molecule has 19 heavy (non-hydrogen) atoms. The molecule has 0 aromatic carbocycles. The highest BCUT2D eigenvalue weighted by Gasteiger charge is 2.45. The van der Waals surface area contributed by atoms with Crippen molar-refractivity contribution in [2.45, 2.75) is 30.9 Å². The number of carbonyl (C=O) groups excluding carboxylic acids is 1. The summed E-state index contributed by atoms with van der Waals surface area (Å²) in [5, 5.41) is 11.9. The number of amides is 2. The number of piperidine rings is 1. The van der Waals surface area contributed by atoms with Gasteiger partial charge < -0.3 is 24.8 Å². The molecule has 2 atom stereocenters. The van der Waals surface area contributed by atoms with Gasteiger partial charge in [-0.1, -0.05) is 0 Å². The van der Waals surface area contributed by atoms with Crippen LogP contribution in [0.4, 0.5) is 4.79 Å². The van der Waals surface area contributed by atoms with Crippen LogP contribution in [0.5, 0.6) is 0 Å². The molecule has 2 unspecified atom stereocenters. The Kier molecular flexibility index (Phi) is 4.26. The van der Waals surface area contributed by atoms with Crippen LogP contribution in [0.3, 0.4) is 0 Å². The molecule has 0 aromatic rings. The molecule has 2 amide bonds. The van der Waals surface area contributed by atoms with Crippen LogP contribution in [0, 0.1) is 0 Å². The number of carbonyl (C=O) groups is 2. The van der Waals surface area contributed by atoms with Gasteiger partial charge in [0, 0.05) is 33.2 Å². The minimum atomic E-state index is -1.28. The number of likely N-dealkylation sites (tertiary alicyclic amines) is 1. The highest BCUT2D eigenvalue weighted by molar-refractivity contribution is 5.86. The highest BCUT2D eigenvalue weighted by atomic mass is 16.5. The third-order valence-electron chi connectivity index (χ3n) is 3.78. The standard InChI is InChI=1S/C12H20N2O5/c1-18-9-3-2-5-14(7-9)11(17)13-12(10(15)16)4-6-19-8-12/h9H,2-8H2,1H3,(H,13,17)(H,15,16). The van der Waals surface area contributed by atoms with E-state index in [4.69, 9.17) is 9.47 Å². The highest BCUT2D eigenvalue weighted by Crippen LogP contribution is 2.20. The van der Waals surface area contributed by atoms with E-state index in [0.29, 0.717) is 26.1 Å². The van der Waals surface area contributed by atoms with Gasteiger partial charge in [0.1, 0.15) is 0 Å². The third-order valence-corrected chi connectivity index (χ3v) is 3.78. The predicted molar refractivity (Wildman–Crippen MR) is 65.9 cm³/mol. The first-order chi connectivity index (χ1) is 9.07. The van der Waals surface area contributed by atoms with Gasteiger partial charge in [0.2, 0.25) is 0 Å². The van der Waals surface area contributed by atoms with Crippen molar-refractivity contribution in [3.05, 3.63) is 0 Å². The molecule has 0 saturated carbocycles. The lowest BCUT2D eigenvalue weighted by atomic mass is 9.99.